The van der Waals surface area contributed by atoms with E-state index in [4.69, 9.17) is 5.26 Å². The van der Waals surface area contributed by atoms with Crippen molar-refractivity contribution in [2.24, 2.45) is 0 Å². The smallest absolute Gasteiger partial charge is 0.254 e. The summed E-state index contributed by atoms with van der Waals surface area (Å²) in [5.74, 6) is -0.917. The van der Waals surface area contributed by atoms with Crippen LogP contribution in [-0.2, 0) is 0 Å². The average molecular weight is 220 g/mol. The van der Waals surface area contributed by atoms with Crippen LogP contribution in [-0.4, -0.2) is 12.5 Å². The molecular weight excluding hydrogens is 207 g/mol. The first kappa shape index (κ1) is 12.2. The Morgan fingerprint density at radius 1 is 1.56 bits per heavy atom. The fourth-order valence-electron chi connectivity index (χ4n) is 1.29. The van der Waals surface area contributed by atoms with Crippen LogP contribution < -0.4 is 5.32 Å². The van der Waals surface area contributed by atoms with Gasteiger partial charge >= 0.3 is 0 Å². The van der Waals surface area contributed by atoms with Gasteiger partial charge < -0.3 is 5.32 Å². The van der Waals surface area contributed by atoms with Crippen molar-refractivity contribution in [2.45, 2.75) is 19.8 Å². The molecule has 0 aliphatic heterocycles. The minimum atomic E-state index is -0.486. The van der Waals surface area contributed by atoms with Crippen molar-refractivity contribution in [1.82, 2.24) is 5.32 Å². The fourth-order valence-corrected chi connectivity index (χ4v) is 1.29. The highest BCUT2D eigenvalue weighted by Crippen LogP contribution is 2.11. The second kappa shape index (κ2) is 5.86. The van der Waals surface area contributed by atoms with Crippen molar-refractivity contribution < 1.29 is 9.18 Å². The van der Waals surface area contributed by atoms with Gasteiger partial charge in [-0.2, -0.15) is 5.26 Å². The zero-order chi connectivity index (χ0) is 12.0. The molecule has 0 atom stereocenters. The Hall–Kier alpha value is -1.89. The first-order valence-corrected chi connectivity index (χ1v) is 5.07. The van der Waals surface area contributed by atoms with E-state index in [9.17, 15) is 9.18 Å². The van der Waals surface area contributed by atoms with E-state index < -0.39 is 11.7 Å². The number of carbonyl (C=O) groups is 1. The molecule has 84 valence electrons. The van der Waals surface area contributed by atoms with Crippen LogP contribution >= 0.6 is 0 Å². The number of hydrogen-bond donors (Lipinski definition) is 1. The number of nitriles is 1. The Bertz CT molecular complexity index is 424. The molecular formula is C12H13FN2O. The van der Waals surface area contributed by atoms with E-state index in [1.807, 2.05) is 6.07 Å². The fraction of sp³-hybridized carbons (Fsp3) is 0.333. The first-order valence-electron chi connectivity index (χ1n) is 5.07. The van der Waals surface area contributed by atoms with Gasteiger partial charge in [-0.15, -0.1) is 0 Å². The molecule has 0 aliphatic rings. The molecule has 0 unspecified atom stereocenters. The van der Waals surface area contributed by atoms with Gasteiger partial charge in [0.1, 0.15) is 5.82 Å². The third-order valence-electron chi connectivity index (χ3n) is 2.19. The number of carbonyl (C=O) groups excluding carboxylic acids is 1. The maximum atomic E-state index is 13.5. The molecule has 1 N–H and O–H groups in total. The number of nitrogens with zero attached hydrogens (tertiary/aromatic N) is 1. The van der Waals surface area contributed by atoms with Crippen LogP contribution in [0.25, 0.3) is 0 Å². The number of halogens is 1. The van der Waals surface area contributed by atoms with Crippen molar-refractivity contribution in [1.29, 1.82) is 5.26 Å². The molecule has 1 amide bonds. The van der Waals surface area contributed by atoms with Crippen molar-refractivity contribution in [3.8, 4) is 6.07 Å². The number of unbranched alkanes of at least 4 members (excludes halogenated alkanes) is 1. The molecule has 0 saturated carbocycles. The molecule has 1 aromatic carbocycles. The molecule has 16 heavy (non-hydrogen) atoms. The number of rotatable bonds is 4. The third-order valence-corrected chi connectivity index (χ3v) is 2.19. The number of amides is 1. The van der Waals surface area contributed by atoms with Gasteiger partial charge in [-0.05, 0) is 25.0 Å². The normalized spacial score (nSPS) is 9.56. The quantitative estimate of drug-likeness (QED) is 0.790. The van der Waals surface area contributed by atoms with Crippen LogP contribution in [0.4, 0.5) is 4.39 Å². The van der Waals surface area contributed by atoms with Crippen LogP contribution in [0.5, 0.6) is 0 Å². The third kappa shape index (κ3) is 3.06. The summed E-state index contributed by atoms with van der Waals surface area (Å²) in [5, 5.41) is 10.9. The topological polar surface area (TPSA) is 52.9 Å². The highest BCUT2D eigenvalue weighted by molar-refractivity contribution is 5.94. The number of aryl methyl sites for hydroxylation is 1. The highest BCUT2D eigenvalue weighted by Gasteiger charge is 2.11. The molecule has 0 spiro atoms. The Kier molecular flexibility index (Phi) is 4.46. The summed E-state index contributed by atoms with van der Waals surface area (Å²) in [6.45, 7) is 2.00. The second-order valence-corrected chi connectivity index (χ2v) is 3.45. The molecule has 3 nitrogen and oxygen atoms in total. The van der Waals surface area contributed by atoms with E-state index in [1.165, 1.54) is 6.07 Å². The number of hydrogen-bond acceptors (Lipinski definition) is 2. The van der Waals surface area contributed by atoms with Gasteiger partial charge in [-0.3, -0.25) is 4.79 Å². The number of nitrogens with one attached hydrogen (secondary N) is 1. The van der Waals surface area contributed by atoms with Gasteiger partial charge in [0.25, 0.3) is 5.91 Å². The van der Waals surface area contributed by atoms with Crippen LogP contribution in [0.2, 0.25) is 0 Å². The number of benzene rings is 1. The molecule has 0 aromatic heterocycles. The maximum absolute atomic E-state index is 13.5. The lowest BCUT2D eigenvalue weighted by atomic mass is 10.1. The van der Waals surface area contributed by atoms with Gasteiger partial charge in [0.2, 0.25) is 0 Å². The van der Waals surface area contributed by atoms with Gasteiger partial charge in [0.15, 0.2) is 0 Å². The van der Waals surface area contributed by atoms with E-state index in [1.54, 1.807) is 19.1 Å². The zero-order valence-corrected chi connectivity index (χ0v) is 9.09. The molecule has 0 aliphatic carbocycles. The molecule has 0 bridgehead atoms. The molecule has 0 saturated heterocycles. The summed E-state index contributed by atoms with van der Waals surface area (Å²) in [4.78, 5) is 11.5. The van der Waals surface area contributed by atoms with Crippen LogP contribution in [0.1, 0.15) is 28.8 Å². The molecule has 4 heteroatoms. The monoisotopic (exact) mass is 220 g/mol. The lowest BCUT2D eigenvalue weighted by molar-refractivity contribution is 0.0949. The summed E-state index contributed by atoms with van der Waals surface area (Å²) in [5.41, 5.74) is 0.502. The SMILES string of the molecule is Cc1cccc(C(=O)NCCCC#N)c1F. The van der Waals surface area contributed by atoms with E-state index in [0.717, 1.165) is 0 Å². The standard InChI is InChI=1S/C12H13FN2O/c1-9-5-4-6-10(11(9)13)12(16)15-8-3-2-7-14/h4-6H,2-3,8H2,1H3,(H,15,16). The van der Waals surface area contributed by atoms with E-state index in [0.29, 0.717) is 24.9 Å². The molecule has 0 heterocycles. The maximum Gasteiger partial charge on any atom is 0.254 e. The van der Waals surface area contributed by atoms with E-state index >= 15 is 0 Å². The van der Waals surface area contributed by atoms with Crippen molar-refractivity contribution >= 4 is 5.91 Å². The minimum absolute atomic E-state index is 0.0527. The Labute approximate surface area is 93.9 Å². The summed E-state index contributed by atoms with van der Waals surface area (Å²) in [6, 6.07) is 6.68. The Morgan fingerprint density at radius 2 is 2.31 bits per heavy atom. The van der Waals surface area contributed by atoms with Crippen molar-refractivity contribution in [2.75, 3.05) is 6.54 Å². The van der Waals surface area contributed by atoms with Crippen molar-refractivity contribution in [3.63, 3.8) is 0 Å². The van der Waals surface area contributed by atoms with Crippen LogP contribution in [0.3, 0.4) is 0 Å². The predicted octanol–water partition coefficient (Wildman–Crippen LogP) is 2.17. The Morgan fingerprint density at radius 3 is 3.00 bits per heavy atom. The molecule has 0 fully saturated rings. The first-order chi connectivity index (χ1) is 7.66. The molecule has 1 aromatic rings. The summed E-state index contributed by atoms with van der Waals surface area (Å²) in [7, 11) is 0. The molecule has 0 radical (unpaired) electrons. The average Bonchev–Trinajstić information content (AvgIpc) is 2.28. The largest absolute Gasteiger partial charge is 0.352 e. The van der Waals surface area contributed by atoms with Crippen LogP contribution in [0.15, 0.2) is 18.2 Å². The summed E-state index contributed by atoms with van der Waals surface area (Å²) in [6.07, 6.45) is 0.965. The highest BCUT2D eigenvalue weighted by atomic mass is 19.1. The second-order valence-electron chi connectivity index (χ2n) is 3.45. The zero-order valence-electron chi connectivity index (χ0n) is 9.09. The van der Waals surface area contributed by atoms with E-state index in [2.05, 4.69) is 5.32 Å². The lowest BCUT2D eigenvalue weighted by Crippen LogP contribution is -2.25. The van der Waals surface area contributed by atoms with Gasteiger partial charge in [0, 0.05) is 13.0 Å². The van der Waals surface area contributed by atoms with Crippen molar-refractivity contribution in [3.05, 3.63) is 35.1 Å². The van der Waals surface area contributed by atoms with Gasteiger partial charge in [0.05, 0.1) is 11.6 Å². The Balaban J connectivity index is 2.60. The lowest BCUT2D eigenvalue weighted by Gasteiger charge is -2.06. The predicted molar refractivity (Wildman–Crippen MR) is 58.3 cm³/mol. The minimum Gasteiger partial charge on any atom is -0.352 e. The van der Waals surface area contributed by atoms with Gasteiger partial charge in [-0.1, -0.05) is 12.1 Å². The van der Waals surface area contributed by atoms with E-state index in [-0.39, 0.29) is 5.56 Å². The summed E-state index contributed by atoms with van der Waals surface area (Å²) >= 11 is 0. The molecule has 1 rings (SSSR count). The van der Waals surface area contributed by atoms with Crippen LogP contribution in [0, 0.1) is 24.1 Å². The van der Waals surface area contributed by atoms with Gasteiger partial charge in [-0.25, -0.2) is 4.39 Å². The summed E-state index contributed by atoms with van der Waals surface area (Å²) < 4.78 is 13.5.